The predicted octanol–water partition coefficient (Wildman–Crippen LogP) is -0.370. The number of rotatable bonds is 3. The Morgan fingerprint density at radius 2 is 2.31 bits per heavy atom. The number of amidine groups is 1. The Balaban J connectivity index is 2.62. The van der Waals surface area contributed by atoms with Crippen molar-refractivity contribution in [1.29, 1.82) is 0 Å². The fourth-order valence-electron chi connectivity index (χ4n) is 2.13. The van der Waals surface area contributed by atoms with Gasteiger partial charge in [0, 0.05) is 25.0 Å². The van der Waals surface area contributed by atoms with Gasteiger partial charge in [0.2, 0.25) is 0 Å². The second-order valence-electron chi connectivity index (χ2n) is 4.35. The Kier molecular flexibility index (Phi) is 4.15. The molecule has 1 aliphatic heterocycles. The lowest BCUT2D eigenvalue weighted by Gasteiger charge is -2.37. The lowest BCUT2D eigenvalue weighted by molar-refractivity contribution is 0.171. The third-order valence-electron chi connectivity index (χ3n) is 2.92. The van der Waals surface area contributed by atoms with E-state index in [0.29, 0.717) is 13.0 Å². The van der Waals surface area contributed by atoms with E-state index in [1.165, 1.54) is 0 Å². The highest BCUT2D eigenvalue weighted by atomic mass is 32.2. The molecule has 0 aromatic carbocycles. The summed E-state index contributed by atoms with van der Waals surface area (Å²) in [6.45, 7) is 4.36. The highest BCUT2D eigenvalue weighted by Crippen LogP contribution is 2.16. The van der Waals surface area contributed by atoms with E-state index >= 15 is 0 Å². The molecule has 2 unspecified atom stereocenters. The SMILES string of the molecule is CC(CC(N)=NO)N1CCS(=O)(=O)CC1C. The fraction of sp³-hybridized carbons (Fsp3) is 0.889. The Bertz CT molecular complexity index is 366. The number of hydrogen-bond acceptors (Lipinski definition) is 5. The summed E-state index contributed by atoms with van der Waals surface area (Å²) in [5.41, 5.74) is 5.43. The lowest BCUT2D eigenvalue weighted by atomic mass is 10.1. The second-order valence-corrected chi connectivity index (χ2v) is 6.57. The molecule has 2 atom stereocenters. The van der Waals surface area contributed by atoms with Crippen molar-refractivity contribution >= 4 is 15.7 Å². The molecule has 1 aliphatic rings. The van der Waals surface area contributed by atoms with Crippen LogP contribution in [0.1, 0.15) is 20.3 Å². The van der Waals surface area contributed by atoms with Gasteiger partial charge < -0.3 is 10.9 Å². The summed E-state index contributed by atoms with van der Waals surface area (Å²) in [5, 5.41) is 11.4. The van der Waals surface area contributed by atoms with Crippen LogP contribution in [0.3, 0.4) is 0 Å². The van der Waals surface area contributed by atoms with Gasteiger partial charge in [0.15, 0.2) is 9.84 Å². The zero-order chi connectivity index (χ0) is 12.3. The van der Waals surface area contributed by atoms with Crippen molar-refractivity contribution in [3.05, 3.63) is 0 Å². The van der Waals surface area contributed by atoms with E-state index in [1.807, 2.05) is 13.8 Å². The first kappa shape index (κ1) is 13.2. The molecule has 0 aromatic rings. The van der Waals surface area contributed by atoms with Gasteiger partial charge in [0.05, 0.1) is 11.5 Å². The smallest absolute Gasteiger partial charge is 0.153 e. The van der Waals surface area contributed by atoms with E-state index in [9.17, 15) is 8.42 Å². The van der Waals surface area contributed by atoms with Crippen molar-refractivity contribution in [3.63, 3.8) is 0 Å². The minimum absolute atomic E-state index is 0.0137. The summed E-state index contributed by atoms with van der Waals surface area (Å²) in [6, 6.07) is 0.0710. The van der Waals surface area contributed by atoms with Crippen LogP contribution in [0.2, 0.25) is 0 Å². The number of sulfone groups is 1. The molecule has 0 aromatic heterocycles. The van der Waals surface area contributed by atoms with Crippen LogP contribution in [0.15, 0.2) is 5.16 Å². The highest BCUT2D eigenvalue weighted by molar-refractivity contribution is 7.91. The van der Waals surface area contributed by atoms with Gasteiger partial charge in [-0.25, -0.2) is 8.42 Å². The Morgan fingerprint density at radius 1 is 1.69 bits per heavy atom. The molecular formula is C9H19N3O3S. The van der Waals surface area contributed by atoms with Crippen LogP contribution >= 0.6 is 0 Å². The molecule has 94 valence electrons. The maximum Gasteiger partial charge on any atom is 0.153 e. The van der Waals surface area contributed by atoms with E-state index in [0.717, 1.165) is 0 Å². The van der Waals surface area contributed by atoms with Crippen LogP contribution in [0.25, 0.3) is 0 Å². The van der Waals surface area contributed by atoms with Gasteiger partial charge in [-0.3, -0.25) is 4.90 Å². The molecule has 1 fully saturated rings. The maximum absolute atomic E-state index is 11.4. The van der Waals surface area contributed by atoms with Gasteiger partial charge in [0.25, 0.3) is 0 Å². The molecule has 6 nitrogen and oxygen atoms in total. The minimum Gasteiger partial charge on any atom is -0.409 e. The van der Waals surface area contributed by atoms with Crippen LogP contribution in [0, 0.1) is 0 Å². The first-order chi connectivity index (χ1) is 7.35. The molecular weight excluding hydrogens is 230 g/mol. The van der Waals surface area contributed by atoms with Crippen LogP contribution in [-0.4, -0.2) is 54.5 Å². The van der Waals surface area contributed by atoms with E-state index in [4.69, 9.17) is 10.9 Å². The molecule has 0 bridgehead atoms. The maximum atomic E-state index is 11.4. The van der Waals surface area contributed by atoms with Gasteiger partial charge in [-0.1, -0.05) is 5.16 Å². The molecule has 0 amide bonds. The summed E-state index contributed by atoms with van der Waals surface area (Å²) in [7, 11) is -2.88. The van der Waals surface area contributed by atoms with Crippen LogP contribution in [0.5, 0.6) is 0 Å². The zero-order valence-electron chi connectivity index (χ0n) is 9.63. The Morgan fingerprint density at radius 3 is 2.81 bits per heavy atom. The van der Waals surface area contributed by atoms with Crippen molar-refractivity contribution in [2.24, 2.45) is 10.9 Å². The predicted molar refractivity (Wildman–Crippen MR) is 62.3 cm³/mol. The van der Waals surface area contributed by atoms with E-state index in [1.54, 1.807) is 0 Å². The average Bonchev–Trinajstić information content (AvgIpc) is 2.15. The van der Waals surface area contributed by atoms with Crippen molar-refractivity contribution in [1.82, 2.24) is 4.90 Å². The molecule has 1 rings (SSSR count). The molecule has 3 N–H and O–H groups in total. The molecule has 16 heavy (non-hydrogen) atoms. The Labute approximate surface area is 96.0 Å². The lowest BCUT2D eigenvalue weighted by Crippen LogP contribution is -2.51. The van der Waals surface area contributed by atoms with Gasteiger partial charge in [-0.05, 0) is 13.8 Å². The van der Waals surface area contributed by atoms with Gasteiger partial charge in [-0.15, -0.1) is 0 Å². The van der Waals surface area contributed by atoms with E-state index < -0.39 is 9.84 Å². The van der Waals surface area contributed by atoms with E-state index in [2.05, 4.69) is 10.1 Å². The summed E-state index contributed by atoms with van der Waals surface area (Å²) in [5.74, 6) is 0.555. The molecule has 0 saturated carbocycles. The van der Waals surface area contributed by atoms with Gasteiger partial charge >= 0.3 is 0 Å². The van der Waals surface area contributed by atoms with Crippen LogP contribution in [-0.2, 0) is 9.84 Å². The standard InChI is InChI=1S/C9H19N3O3S/c1-7(5-9(10)11-13)12-3-4-16(14,15)6-8(12)2/h7-8,13H,3-6H2,1-2H3,(H2,10,11). The number of oxime groups is 1. The fourth-order valence-corrected chi connectivity index (χ4v) is 3.71. The second kappa shape index (κ2) is 5.01. The average molecular weight is 249 g/mol. The normalized spacial score (nSPS) is 28.9. The summed E-state index contributed by atoms with van der Waals surface area (Å²) >= 11 is 0. The highest BCUT2D eigenvalue weighted by Gasteiger charge is 2.31. The molecule has 7 heteroatoms. The summed E-state index contributed by atoms with van der Waals surface area (Å²) < 4.78 is 22.8. The monoisotopic (exact) mass is 249 g/mol. The third-order valence-corrected chi connectivity index (χ3v) is 4.72. The first-order valence-electron chi connectivity index (χ1n) is 5.28. The third kappa shape index (κ3) is 3.34. The van der Waals surface area contributed by atoms with Crippen molar-refractivity contribution < 1.29 is 13.6 Å². The largest absolute Gasteiger partial charge is 0.409 e. The molecule has 1 saturated heterocycles. The van der Waals surface area contributed by atoms with Crippen molar-refractivity contribution in [2.75, 3.05) is 18.1 Å². The quantitative estimate of drug-likeness (QED) is 0.308. The van der Waals surface area contributed by atoms with Crippen molar-refractivity contribution in [2.45, 2.75) is 32.4 Å². The molecule has 0 aliphatic carbocycles. The first-order valence-corrected chi connectivity index (χ1v) is 7.10. The van der Waals surface area contributed by atoms with E-state index in [-0.39, 0.29) is 29.4 Å². The molecule has 0 spiro atoms. The van der Waals surface area contributed by atoms with Crippen LogP contribution in [0.4, 0.5) is 0 Å². The van der Waals surface area contributed by atoms with Gasteiger partial charge in [-0.2, -0.15) is 0 Å². The number of hydrogen-bond donors (Lipinski definition) is 2. The molecule has 1 heterocycles. The zero-order valence-corrected chi connectivity index (χ0v) is 10.4. The summed E-state index contributed by atoms with van der Waals surface area (Å²) in [4.78, 5) is 2.08. The minimum atomic E-state index is -2.88. The van der Waals surface area contributed by atoms with Gasteiger partial charge in [0.1, 0.15) is 5.84 Å². The number of nitrogens with zero attached hydrogens (tertiary/aromatic N) is 2. The summed E-state index contributed by atoms with van der Waals surface area (Å²) in [6.07, 6.45) is 0.445. The Hall–Kier alpha value is -0.820. The van der Waals surface area contributed by atoms with Crippen LogP contribution < -0.4 is 5.73 Å². The topological polar surface area (TPSA) is 96.0 Å². The van der Waals surface area contributed by atoms with Crippen molar-refractivity contribution in [3.8, 4) is 0 Å². The number of nitrogens with two attached hydrogens (primary N) is 1. The molecule has 0 radical (unpaired) electrons.